The van der Waals surface area contributed by atoms with E-state index in [1.165, 1.54) is 24.3 Å². The SMILES string of the molecule is Oc1ccc(C(F)(F)C2CCCNCC2)cc1. The van der Waals surface area contributed by atoms with Gasteiger partial charge >= 0.3 is 0 Å². The number of phenolic OH excluding ortho intramolecular Hbond substituents is 1. The minimum Gasteiger partial charge on any atom is -0.508 e. The van der Waals surface area contributed by atoms with Crippen LogP contribution in [0.2, 0.25) is 0 Å². The van der Waals surface area contributed by atoms with Crippen molar-refractivity contribution in [2.45, 2.75) is 25.2 Å². The summed E-state index contributed by atoms with van der Waals surface area (Å²) >= 11 is 0. The molecular formula is C13H17F2NO. The highest BCUT2D eigenvalue weighted by Crippen LogP contribution is 2.41. The van der Waals surface area contributed by atoms with Crippen LogP contribution in [0.15, 0.2) is 24.3 Å². The maximum atomic E-state index is 14.2. The number of aromatic hydroxyl groups is 1. The Morgan fingerprint density at radius 3 is 2.53 bits per heavy atom. The molecule has 4 heteroatoms. The van der Waals surface area contributed by atoms with Crippen LogP contribution < -0.4 is 5.32 Å². The molecule has 0 aromatic heterocycles. The molecule has 0 bridgehead atoms. The fourth-order valence-corrected chi connectivity index (χ4v) is 2.30. The lowest BCUT2D eigenvalue weighted by molar-refractivity contribution is -0.0694. The van der Waals surface area contributed by atoms with Crippen LogP contribution >= 0.6 is 0 Å². The van der Waals surface area contributed by atoms with E-state index in [4.69, 9.17) is 5.11 Å². The lowest BCUT2D eigenvalue weighted by Gasteiger charge is -2.26. The third kappa shape index (κ3) is 2.75. The van der Waals surface area contributed by atoms with Crippen molar-refractivity contribution in [1.29, 1.82) is 0 Å². The molecule has 1 saturated heterocycles. The molecule has 1 aromatic carbocycles. The summed E-state index contributed by atoms with van der Waals surface area (Å²) in [4.78, 5) is 0. The third-order valence-corrected chi connectivity index (χ3v) is 3.34. The number of alkyl halides is 2. The Hall–Kier alpha value is -1.16. The van der Waals surface area contributed by atoms with Crippen LogP contribution in [0.25, 0.3) is 0 Å². The Labute approximate surface area is 99.7 Å². The van der Waals surface area contributed by atoms with Gasteiger partial charge in [0.05, 0.1) is 0 Å². The summed E-state index contributed by atoms with van der Waals surface area (Å²) in [5.74, 6) is -3.39. The van der Waals surface area contributed by atoms with E-state index >= 15 is 0 Å². The van der Waals surface area contributed by atoms with Crippen LogP contribution in [0.5, 0.6) is 5.75 Å². The zero-order chi connectivity index (χ0) is 12.3. The van der Waals surface area contributed by atoms with E-state index in [0.717, 1.165) is 13.0 Å². The predicted molar refractivity (Wildman–Crippen MR) is 62.2 cm³/mol. The fraction of sp³-hybridized carbons (Fsp3) is 0.538. The van der Waals surface area contributed by atoms with Crippen molar-refractivity contribution < 1.29 is 13.9 Å². The number of nitrogens with one attached hydrogen (secondary N) is 1. The number of halogens is 2. The predicted octanol–water partition coefficient (Wildman–Crippen LogP) is 2.87. The van der Waals surface area contributed by atoms with Crippen molar-refractivity contribution in [3.63, 3.8) is 0 Å². The number of rotatable bonds is 2. The number of hydrogen-bond donors (Lipinski definition) is 2. The lowest BCUT2D eigenvalue weighted by Crippen LogP contribution is -2.26. The molecule has 2 N–H and O–H groups in total. The van der Waals surface area contributed by atoms with Crippen LogP contribution in [-0.4, -0.2) is 18.2 Å². The molecule has 2 rings (SSSR count). The van der Waals surface area contributed by atoms with Crippen molar-refractivity contribution in [1.82, 2.24) is 5.32 Å². The molecule has 1 aliphatic rings. The molecule has 0 radical (unpaired) electrons. The summed E-state index contributed by atoms with van der Waals surface area (Å²) < 4.78 is 28.5. The van der Waals surface area contributed by atoms with E-state index < -0.39 is 11.8 Å². The van der Waals surface area contributed by atoms with Crippen molar-refractivity contribution >= 4 is 0 Å². The van der Waals surface area contributed by atoms with Crippen LogP contribution in [0, 0.1) is 5.92 Å². The first-order chi connectivity index (χ1) is 8.10. The third-order valence-electron chi connectivity index (χ3n) is 3.34. The van der Waals surface area contributed by atoms with Gasteiger partial charge in [0.25, 0.3) is 5.92 Å². The fourth-order valence-electron chi connectivity index (χ4n) is 2.30. The van der Waals surface area contributed by atoms with Gasteiger partial charge < -0.3 is 10.4 Å². The van der Waals surface area contributed by atoms with Gasteiger partial charge in [-0.1, -0.05) is 0 Å². The molecule has 1 atom stereocenters. The number of benzene rings is 1. The summed E-state index contributed by atoms with van der Waals surface area (Å²) in [7, 11) is 0. The highest BCUT2D eigenvalue weighted by molar-refractivity contribution is 5.29. The molecule has 1 unspecified atom stereocenters. The van der Waals surface area contributed by atoms with E-state index in [-0.39, 0.29) is 11.3 Å². The maximum absolute atomic E-state index is 14.2. The summed E-state index contributed by atoms with van der Waals surface area (Å²) in [6.07, 6.45) is 1.83. The second-order valence-corrected chi connectivity index (χ2v) is 4.55. The van der Waals surface area contributed by atoms with E-state index in [1.54, 1.807) is 0 Å². The molecule has 2 nitrogen and oxygen atoms in total. The van der Waals surface area contributed by atoms with Gasteiger partial charge in [-0.15, -0.1) is 0 Å². The molecule has 17 heavy (non-hydrogen) atoms. The minimum atomic E-state index is -2.81. The van der Waals surface area contributed by atoms with Gasteiger partial charge in [0.2, 0.25) is 0 Å². The normalized spacial score (nSPS) is 22.1. The molecule has 1 aliphatic heterocycles. The molecule has 94 valence electrons. The molecular weight excluding hydrogens is 224 g/mol. The van der Waals surface area contributed by atoms with E-state index in [2.05, 4.69) is 5.32 Å². The Kier molecular flexibility index (Phi) is 3.62. The standard InChI is InChI=1S/C13H17F2NO/c14-13(15,10-2-1-8-16-9-7-10)11-3-5-12(17)6-4-11/h3-6,10,16-17H,1-2,7-9H2. The summed E-state index contributed by atoms with van der Waals surface area (Å²) in [6, 6.07) is 5.26. The summed E-state index contributed by atoms with van der Waals surface area (Å²) in [5, 5.41) is 12.3. The Morgan fingerprint density at radius 1 is 1.12 bits per heavy atom. The zero-order valence-corrected chi connectivity index (χ0v) is 9.63. The molecule has 0 saturated carbocycles. The average Bonchev–Trinajstić information content (AvgIpc) is 2.58. The first-order valence-electron chi connectivity index (χ1n) is 5.99. The summed E-state index contributed by atoms with van der Waals surface area (Å²) in [5.41, 5.74) is 0.00204. The Bertz CT molecular complexity index is 356. The van der Waals surface area contributed by atoms with E-state index in [9.17, 15) is 8.78 Å². The molecule has 1 aromatic rings. The Morgan fingerprint density at radius 2 is 1.82 bits per heavy atom. The van der Waals surface area contributed by atoms with Crippen molar-refractivity contribution in [3.8, 4) is 5.75 Å². The van der Waals surface area contributed by atoms with Gasteiger partial charge in [-0.3, -0.25) is 0 Å². The quantitative estimate of drug-likeness (QED) is 0.834. The molecule has 1 heterocycles. The number of phenols is 1. The topological polar surface area (TPSA) is 32.3 Å². The average molecular weight is 241 g/mol. The lowest BCUT2D eigenvalue weighted by atomic mass is 9.88. The van der Waals surface area contributed by atoms with Gasteiger partial charge in [-0.2, -0.15) is 0 Å². The monoisotopic (exact) mass is 241 g/mol. The first kappa shape index (κ1) is 12.3. The van der Waals surface area contributed by atoms with Crippen molar-refractivity contribution in [2.24, 2.45) is 5.92 Å². The second kappa shape index (κ2) is 5.00. The van der Waals surface area contributed by atoms with Crippen LogP contribution in [0.3, 0.4) is 0 Å². The van der Waals surface area contributed by atoms with E-state index in [1.807, 2.05) is 0 Å². The van der Waals surface area contributed by atoms with Gasteiger partial charge in [0.1, 0.15) is 5.75 Å². The molecule has 1 fully saturated rings. The van der Waals surface area contributed by atoms with Crippen molar-refractivity contribution in [3.05, 3.63) is 29.8 Å². The van der Waals surface area contributed by atoms with Gasteiger partial charge in [0, 0.05) is 11.5 Å². The minimum absolute atomic E-state index is 0.00204. The Balaban J connectivity index is 2.18. The smallest absolute Gasteiger partial charge is 0.276 e. The molecule has 0 amide bonds. The van der Waals surface area contributed by atoms with Crippen molar-refractivity contribution in [2.75, 3.05) is 13.1 Å². The van der Waals surface area contributed by atoms with Gasteiger partial charge in [0.15, 0.2) is 0 Å². The van der Waals surface area contributed by atoms with Crippen LogP contribution in [-0.2, 0) is 5.92 Å². The summed E-state index contributed by atoms with van der Waals surface area (Å²) in [6.45, 7) is 1.47. The van der Waals surface area contributed by atoms with Crippen LogP contribution in [0.4, 0.5) is 8.78 Å². The van der Waals surface area contributed by atoms with Crippen LogP contribution in [0.1, 0.15) is 24.8 Å². The first-order valence-corrected chi connectivity index (χ1v) is 5.99. The molecule has 0 aliphatic carbocycles. The zero-order valence-electron chi connectivity index (χ0n) is 9.63. The largest absolute Gasteiger partial charge is 0.508 e. The maximum Gasteiger partial charge on any atom is 0.276 e. The highest BCUT2D eigenvalue weighted by atomic mass is 19.3. The number of hydrogen-bond acceptors (Lipinski definition) is 2. The van der Waals surface area contributed by atoms with Gasteiger partial charge in [-0.05, 0) is 56.6 Å². The van der Waals surface area contributed by atoms with E-state index in [0.29, 0.717) is 19.4 Å². The van der Waals surface area contributed by atoms with Gasteiger partial charge in [-0.25, -0.2) is 8.78 Å². The highest BCUT2D eigenvalue weighted by Gasteiger charge is 2.40. The molecule has 0 spiro atoms. The second-order valence-electron chi connectivity index (χ2n) is 4.55.